The summed E-state index contributed by atoms with van der Waals surface area (Å²) in [6.07, 6.45) is 1.88. The summed E-state index contributed by atoms with van der Waals surface area (Å²) in [5.74, 6) is 0.0444. The predicted octanol–water partition coefficient (Wildman–Crippen LogP) is 3.41. The molecular formula is C21H24FN3O2. The fourth-order valence-corrected chi connectivity index (χ4v) is 2.98. The molecular weight excluding hydrogens is 345 g/mol. The van der Waals surface area contributed by atoms with Crippen LogP contribution in [-0.4, -0.2) is 26.9 Å². The van der Waals surface area contributed by atoms with Gasteiger partial charge in [-0.25, -0.2) is 9.37 Å². The van der Waals surface area contributed by atoms with Gasteiger partial charge in [0.2, 0.25) is 0 Å². The highest BCUT2D eigenvalue weighted by Crippen LogP contribution is 2.25. The van der Waals surface area contributed by atoms with E-state index in [2.05, 4.69) is 10.3 Å². The molecule has 0 spiro atoms. The minimum absolute atomic E-state index is 0.0197. The average molecular weight is 369 g/mol. The number of nitrogens with zero attached hydrogens (tertiary/aromatic N) is 2. The van der Waals surface area contributed by atoms with Crippen LogP contribution in [0.2, 0.25) is 0 Å². The van der Waals surface area contributed by atoms with E-state index in [4.69, 9.17) is 0 Å². The number of halogens is 1. The summed E-state index contributed by atoms with van der Waals surface area (Å²) in [4.78, 5) is 17.3. The number of hydrogen-bond acceptors (Lipinski definition) is 3. The van der Waals surface area contributed by atoms with Crippen molar-refractivity contribution in [3.63, 3.8) is 0 Å². The number of carbonyl (C=O) groups excluding carboxylic acids is 1. The summed E-state index contributed by atoms with van der Waals surface area (Å²) in [5, 5.41) is 13.4. The summed E-state index contributed by atoms with van der Waals surface area (Å²) in [5.41, 5.74) is -0.0141. The summed E-state index contributed by atoms with van der Waals surface area (Å²) < 4.78 is 15.0. The number of rotatable bonds is 4. The van der Waals surface area contributed by atoms with Gasteiger partial charge in [-0.1, -0.05) is 39.0 Å². The number of pyridine rings is 1. The van der Waals surface area contributed by atoms with Crippen molar-refractivity contribution in [1.29, 1.82) is 0 Å². The van der Waals surface area contributed by atoms with Gasteiger partial charge in [-0.05, 0) is 36.8 Å². The molecule has 142 valence electrons. The van der Waals surface area contributed by atoms with Crippen LogP contribution in [0, 0.1) is 5.82 Å². The Hall–Kier alpha value is -2.73. The van der Waals surface area contributed by atoms with Gasteiger partial charge in [0.1, 0.15) is 17.2 Å². The van der Waals surface area contributed by atoms with E-state index in [-0.39, 0.29) is 23.7 Å². The normalized spacial score (nSPS) is 14.1. The number of aliphatic hydroxyl groups is 1. The minimum atomic E-state index is -1.33. The lowest BCUT2D eigenvalue weighted by Gasteiger charge is -2.24. The van der Waals surface area contributed by atoms with Gasteiger partial charge in [-0.3, -0.25) is 4.79 Å². The summed E-state index contributed by atoms with van der Waals surface area (Å²) in [6, 6.07) is 11.2. The average Bonchev–Trinajstić information content (AvgIpc) is 3.00. The summed E-state index contributed by atoms with van der Waals surface area (Å²) in [7, 11) is 0. The minimum Gasteiger partial charge on any atom is -0.384 e. The molecule has 2 heterocycles. The second kappa shape index (κ2) is 6.78. The second-order valence-corrected chi connectivity index (χ2v) is 7.95. The van der Waals surface area contributed by atoms with Gasteiger partial charge in [-0.2, -0.15) is 0 Å². The fraction of sp³-hybridized carbons (Fsp3) is 0.333. The van der Waals surface area contributed by atoms with Crippen LogP contribution in [0.5, 0.6) is 0 Å². The number of imidazole rings is 1. The van der Waals surface area contributed by atoms with Crippen molar-refractivity contribution in [2.75, 3.05) is 6.54 Å². The monoisotopic (exact) mass is 369 g/mol. The Morgan fingerprint density at radius 1 is 1.15 bits per heavy atom. The van der Waals surface area contributed by atoms with Crippen LogP contribution < -0.4 is 5.32 Å². The predicted molar refractivity (Wildman–Crippen MR) is 102 cm³/mol. The molecule has 0 radical (unpaired) electrons. The number of benzene rings is 1. The Bertz CT molecular complexity index is 969. The van der Waals surface area contributed by atoms with E-state index in [1.165, 1.54) is 24.3 Å². The zero-order valence-electron chi connectivity index (χ0n) is 16.0. The third kappa shape index (κ3) is 3.85. The molecule has 5 nitrogen and oxygen atoms in total. The Morgan fingerprint density at radius 2 is 1.81 bits per heavy atom. The number of aromatic nitrogens is 2. The van der Waals surface area contributed by atoms with Gasteiger partial charge in [0.25, 0.3) is 5.91 Å². The van der Waals surface area contributed by atoms with Crippen LogP contribution >= 0.6 is 0 Å². The lowest BCUT2D eigenvalue weighted by atomic mass is 9.96. The number of carbonyl (C=O) groups is 1. The highest BCUT2D eigenvalue weighted by molar-refractivity contribution is 5.99. The maximum atomic E-state index is 13.1. The van der Waals surface area contributed by atoms with E-state index in [9.17, 15) is 14.3 Å². The second-order valence-electron chi connectivity index (χ2n) is 7.95. The van der Waals surface area contributed by atoms with Gasteiger partial charge in [0.05, 0.1) is 12.1 Å². The van der Waals surface area contributed by atoms with Gasteiger partial charge in [0.15, 0.2) is 5.69 Å². The van der Waals surface area contributed by atoms with Crippen molar-refractivity contribution in [3.05, 3.63) is 71.6 Å². The van der Waals surface area contributed by atoms with Gasteiger partial charge in [0, 0.05) is 11.6 Å². The number of amides is 1. The molecule has 1 aromatic carbocycles. The molecule has 27 heavy (non-hydrogen) atoms. The number of fused-ring (bicyclic) bond motifs is 1. The van der Waals surface area contributed by atoms with Crippen molar-refractivity contribution in [1.82, 2.24) is 14.7 Å². The van der Waals surface area contributed by atoms with Gasteiger partial charge >= 0.3 is 0 Å². The van der Waals surface area contributed by atoms with E-state index in [0.717, 1.165) is 5.82 Å². The molecule has 0 fully saturated rings. The Morgan fingerprint density at radius 3 is 2.44 bits per heavy atom. The van der Waals surface area contributed by atoms with Crippen molar-refractivity contribution in [3.8, 4) is 0 Å². The van der Waals surface area contributed by atoms with Crippen molar-refractivity contribution >= 4 is 11.4 Å². The first-order valence-electron chi connectivity index (χ1n) is 8.84. The first-order valence-corrected chi connectivity index (χ1v) is 8.84. The van der Waals surface area contributed by atoms with Crippen LogP contribution in [0.25, 0.3) is 5.52 Å². The van der Waals surface area contributed by atoms with E-state index < -0.39 is 5.60 Å². The third-order valence-electron chi connectivity index (χ3n) is 4.49. The molecule has 1 amide bonds. The fourth-order valence-electron chi connectivity index (χ4n) is 2.98. The molecule has 0 aliphatic carbocycles. The molecule has 6 heteroatoms. The topological polar surface area (TPSA) is 66.6 Å². The first-order chi connectivity index (χ1) is 12.6. The Kier molecular flexibility index (Phi) is 4.78. The van der Waals surface area contributed by atoms with E-state index in [1.54, 1.807) is 6.92 Å². The van der Waals surface area contributed by atoms with Crippen molar-refractivity contribution in [2.45, 2.75) is 38.7 Å². The van der Waals surface area contributed by atoms with E-state index >= 15 is 0 Å². The molecule has 0 aliphatic heterocycles. The SMILES string of the molecule is CC(C)(C)c1nc(C(=O)NCC(C)(O)c2ccc(F)cc2)c2ccccn12. The molecule has 0 bridgehead atoms. The van der Waals surface area contributed by atoms with Gasteiger partial charge < -0.3 is 14.8 Å². The number of hydrogen-bond donors (Lipinski definition) is 2. The highest BCUT2D eigenvalue weighted by atomic mass is 19.1. The maximum Gasteiger partial charge on any atom is 0.272 e. The molecule has 3 aromatic rings. The van der Waals surface area contributed by atoms with Crippen LogP contribution in [0.3, 0.4) is 0 Å². The maximum absolute atomic E-state index is 13.1. The lowest BCUT2D eigenvalue weighted by molar-refractivity contribution is 0.0525. The molecule has 1 unspecified atom stereocenters. The smallest absolute Gasteiger partial charge is 0.272 e. The largest absolute Gasteiger partial charge is 0.384 e. The Balaban J connectivity index is 1.85. The zero-order chi connectivity index (χ0) is 19.8. The van der Waals surface area contributed by atoms with Crippen molar-refractivity contribution < 1.29 is 14.3 Å². The van der Waals surface area contributed by atoms with E-state index in [1.807, 2.05) is 49.6 Å². The van der Waals surface area contributed by atoms with Gasteiger partial charge in [-0.15, -0.1) is 0 Å². The molecule has 2 N–H and O–H groups in total. The lowest BCUT2D eigenvalue weighted by Crippen LogP contribution is -2.38. The summed E-state index contributed by atoms with van der Waals surface area (Å²) >= 11 is 0. The van der Waals surface area contributed by atoms with Crippen LogP contribution in [0.4, 0.5) is 4.39 Å². The van der Waals surface area contributed by atoms with Crippen molar-refractivity contribution in [2.24, 2.45) is 0 Å². The quantitative estimate of drug-likeness (QED) is 0.741. The molecule has 0 saturated carbocycles. The molecule has 3 rings (SSSR count). The highest BCUT2D eigenvalue weighted by Gasteiger charge is 2.27. The van der Waals surface area contributed by atoms with Crippen LogP contribution in [-0.2, 0) is 11.0 Å². The summed E-state index contributed by atoms with van der Waals surface area (Å²) in [6.45, 7) is 7.67. The third-order valence-corrected chi connectivity index (χ3v) is 4.49. The molecule has 0 saturated heterocycles. The Labute approximate surface area is 157 Å². The first kappa shape index (κ1) is 19.0. The standard InChI is InChI=1S/C21H24FN3O2/c1-20(2,3)19-24-17(16-7-5-6-12-25(16)19)18(26)23-13-21(4,27)14-8-10-15(22)11-9-14/h5-12,27H,13H2,1-4H3,(H,23,26). The zero-order valence-corrected chi connectivity index (χ0v) is 16.0. The van der Waals surface area contributed by atoms with Crippen LogP contribution in [0.15, 0.2) is 48.7 Å². The number of nitrogens with one attached hydrogen (secondary N) is 1. The molecule has 1 atom stereocenters. The molecule has 0 aliphatic rings. The van der Waals surface area contributed by atoms with E-state index in [0.29, 0.717) is 16.8 Å². The van der Waals surface area contributed by atoms with Crippen LogP contribution in [0.1, 0.15) is 49.6 Å². The molecule has 2 aromatic heterocycles.